The third kappa shape index (κ3) is 5.71. The summed E-state index contributed by atoms with van der Waals surface area (Å²) in [5.41, 5.74) is 2.31. The van der Waals surface area contributed by atoms with Crippen molar-refractivity contribution in [1.82, 2.24) is 4.90 Å². The first-order valence-electron chi connectivity index (χ1n) is 10.7. The molecule has 0 aliphatic carbocycles. The minimum absolute atomic E-state index is 0.249. The Hall–Kier alpha value is -3.80. The number of carbonyl (C=O) groups excluding carboxylic acids is 2. The third-order valence-electron chi connectivity index (χ3n) is 5.46. The Bertz CT molecular complexity index is 1020. The second-order valence-corrected chi connectivity index (χ2v) is 7.67. The van der Waals surface area contributed by atoms with Gasteiger partial charge in [-0.1, -0.05) is 60.7 Å². The molecular weight excluding hydrogens is 418 g/mol. The van der Waals surface area contributed by atoms with Gasteiger partial charge in [0.25, 0.3) is 0 Å². The van der Waals surface area contributed by atoms with Crippen LogP contribution in [0.15, 0.2) is 72.8 Å². The summed E-state index contributed by atoms with van der Waals surface area (Å²) < 4.78 is 16.1. The fourth-order valence-corrected chi connectivity index (χ4v) is 3.68. The number of ether oxygens (including phenoxy) is 3. The fourth-order valence-electron chi connectivity index (χ4n) is 3.68. The highest BCUT2D eigenvalue weighted by Gasteiger charge is 2.29. The summed E-state index contributed by atoms with van der Waals surface area (Å²) in [6, 6.07) is 22.6. The van der Waals surface area contributed by atoms with Crippen LogP contribution < -0.4 is 14.2 Å². The van der Waals surface area contributed by atoms with E-state index < -0.39 is 5.92 Å². The number of ketones is 1. The lowest BCUT2D eigenvalue weighted by molar-refractivity contribution is -0.134. The van der Waals surface area contributed by atoms with Crippen LogP contribution in [0.3, 0.4) is 0 Å². The van der Waals surface area contributed by atoms with Crippen molar-refractivity contribution in [2.24, 2.45) is 5.92 Å². The van der Waals surface area contributed by atoms with Gasteiger partial charge in [0.05, 0.1) is 27.2 Å². The van der Waals surface area contributed by atoms with Crippen molar-refractivity contribution in [3.8, 4) is 17.2 Å². The molecule has 0 saturated heterocycles. The largest absolute Gasteiger partial charge is 0.493 e. The first kappa shape index (κ1) is 23.9. The molecule has 0 spiro atoms. The van der Waals surface area contributed by atoms with Gasteiger partial charge in [-0.2, -0.15) is 0 Å². The molecule has 1 atom stereocenters. The highest BCUT2D eigenvalue weighted by molar-refractivity contribution is 6.10. The molecule has 6 nitrogen and oxygen atoms in total. The van der Waals surface area contributed by atoms with Crippen LogP contribution in [0.25, 0.3) is 0 Å². The molecule has 1 amide bonds. The van der Waals surface area contributed by atoms with E-state index in [1.165, 1.54) is 21.3 Å². The minimum Gasteiger partial charge on any atom is -0.493 e. The van der Waals surface area contributed by atoms with Gasteiger partial charge in [-0.3, -0.25) is 9.59 Å². The molecule has 33 heavy (non-hydrogen) atoms. The van der Waals surface area contributed by atoms with Gasteiger partial charge in [0.1, 0.15) is 0 Å². The topological polar surface area (TPSA) is 65.1 Å². The Kier molecular flexibility index (Phi) is 8.08. The van der Waals surface area contributed by atoms with E-state index in [9.17, 15) is 9.59 Å². The average molecular weight is 448 g/mol. The average Bonchev–Trinajstić information content (AvgIpc) is 2.87. The first-order chi connectivity index (χ1) is 16.0. The Labute approximate surface area is 194 Å². The van der Waals surface area contributed by atoms with Gasteiger partial charge in [0.2, 0.25) is 11.7 Å². The number of hydrogen-bond donors (Lipinski definition) is 0. The number of benzene rings is 3. The quantitative estimate of drug-likeness (QED) is 0.331. The molecule has 0 aliphatic heterocycles. The molecule has 3 aromatic rings. The minimum atomic E-state index is -0.889. The van der Waals surface area contributed by atoms with Crippen LogP contribution in [-0.2, 0) is 17.9 Å². The van der Waals surface area contributed by atoms with Gasteiger partial charge in [-0.25, -0.2) is 0 Å². The second kappa shape index (κ2) is 11.2. The van der Waals surface area contributed by atoms with E-state index in [1.807, 2.05) is 60.7 Å². The van der Waals surface area contributed by atoms with E-state index in [2.05, 4.69) is 0 Å². The lowest BCUT2D eigenvalue weighted by Crippen LogP contribution is -2.37. The molecular formula is C27H29NO5. The first-order valence-corrected chi connectivity index (χ1v) is 10.7. The summed E-state index contributed by atoms with van der Waals surface area (Å²) in [4.78, 5) is 28.6. The predicted octanol–water partition coefficient (Wildman–Crippen LogP) is 4.76. The molecule has 172 valence electrons. The van der Waals surface area contributed by atoms with Gasteiger partial charge in [-0.15, -0.1) is 0 Å². The summed E-state index contributed by atoms with van der Waals surface area (Å²) in [5, 5.41) is 0. The van der Waals surface area contributed by atoms with Crippen molar-refractivity contribution in [3.63, 3.8) is 0 Å². The lowest BCUT2D eigenvalue weighted by atomic mass is 9.96. The normalized spacial score (nSPS) is 11.4. The van der Waals surface area contributed by atoms with Gasteiger partial charge < -0.3 is 19.1 Å². The lowest BCUT2D eigenvalue weighted by Gasteiger charge is -2.26. The number of amides is 1. The van der Waals surface area contributed by atoms with E-state index in [0.717, 1.165) is 11.1 Å². The second-order valence-electron chi connectivity index (χ2n) is 7.67. The van der Waals surface area contributed by atoms with E-state index in [0.29, 0.717) is 35.9 Å². The predicted molar refractivity (Wildman–Crippen MR) is 127 cm³/mol. The van der Waals surface area contributed by atoms with E-state index in [1.54, 1.807) is 24.0 Å². The van der Waals surface area contributed by atoms with Crippen LogP contribution in [0.1, 0.15) is 28.4 Å². The van der Waals surface area contributed by atoms with Crippen LogP contribution in [0.2, 0.25) is 0 Å². The van der Waals surface area contributed by atoms with E-state index in [4.69, 9.17) is 14.2 Å². The molecule has 0 aliphatic rings. The SMILES string of the molecule is COc1cc(C(=O)[C@H](C)C(=O)N(Cc2ccccc2)Cc2ccccc2)cc(OC)c1OC. The Morgan fingerprint density at radius 2 is 1.21 bits per heavy atom. The van der Waals surface area contributed by atoms with Crippen LogP contribution in [0.4, 0.5) is 0 Å². The zero-order valence-electron chi connectivity index (χ0n) is 19.4. The van der Waals surface area contributed by atoms with Gasteiger partial charge in [0.15, 0.2) is 17.3 Å². The Morgan fingerprint density at radius 3 is 1.61 bits per heavy atom. The van der Waals surface area contributed by atoms with Crippen molar-refractivity contribution in [1.29, 1.82) is 0 Å². The van der Waals surface area contributed by atoms with Gasteiger partial charge in [0, 0.05) is 18.7 Å². The summed E-state index contributed by atoms with van der Waals surface area (Å²) in [7, 11) is 4.47. The maximum atomic E-state index is 13.5. The smallest absolute Gasteiger partial charge is 0.233 e. The van der Waals surface area contributed by atoms with Crippen LogP contribution >= 0.6 is 0 Å². The standard InChI is InChI=1S/C27H29NO5/c1-19(25(29)22-15-23(31-2)26(33-4)24(16-22)32-3)27(30)28(17-20-11-7-5-8-12-20)18-21-13-9-6-10-14-21/h5-16,19H,17-18H2,1-4H3/t19-/m0/s1. The van der Waals surface area contributed by atoms with Crippen LogP contribution in [-0.4, -0.2) is 37.9 Å². The molecule has 0 heterocycles. The molecule has 0 N–H and O–H groups in total. The monoisotopic (exact) mass is 447 g/mol. The zero-order chi connectivity index (χ0) is 23.8. The fraction of sp³-hybridized carbons (Fsp3) is 0.259. The molecule has 0 radical (unpaired) electrons. The molecule has 0 bridgehead atoms. The summed E-state index contributed by atoms with van der Waals surface area (Å²) >= 11 is 0. The van der Waals surface area contributed by atoms with E-state index in [-0.39, 0.29) is 11.7 Å². The third-order valence-corrected chi connectivity index (χ3v) is 5.46. The molecule has 0 saturated carbocycles. The maximum absolute atomic E-state index is 13.5. The molecule has 0 unspecified atom stereocenters. The molecule has 3 aromatic carbocycles. The maximum Gasteiger partial charge on any atom is 0.233 e. The van der Waals surface area contributed by atoms with E-state index >= 15 is 0 Å². The molecule has 6 heteroatoms. The van der Waals surface area contributed by atoms with Crippen molar-refractivity contribution >= 4 is 11.7 Å². The number of methoxy groups -OCH3 is 3. The number of carbonyl (C=O) groups is 2. The van der Waals surface area contributed by atoms with Crippen molar-refractivity contribution < 1.29 is 23.8 Å². The highest BCUT2D eigenvalue weighted by atomic mass is 16.5. The molecule has 0 aromatic heterocycles. The highest BCUT2D eigenvalue weighted by Crippen LogP contribution is 2.38. The van der Waals surface area contributed by atoms with Crippen molar-refractivity contribution in [3.05, 3.63) is 89.5 Å². The Morgan fingerprint density at radius 1 is 0.758 bits per heavy atom. The van der Waals surface area contributed by atoms with Crippen molar-refractivity contribution in [2.75, 3.05) is 21.3 Å². The zero-order valence-corrected chi connectivity index (χ0v) is 19.4. The summed E-state index contributed by atoms with van der Waals surface area (Å²) in [6.07, 6.45) is 0. The molecule has 0 fully saturated rings. The number of hydrogen-bond acceptors (Lipinski definition) is 5. The number of nitrogens with zero attached hydrogens (tertiary/aromatic N) is 1. The van der Waals surface area contributed by atoms with Crippen LogP contribution in [0.5, 0.6) is 17.2 Å². The van der Waals surface area contributed by atoms with Gasteiger partial charge in [-0.05, 0) is 30.2 Å². The summed E-state index contributed by atoms with van der Waals surface area (Å²) in [6.45, 7) is 2.44. The van der Waals surface area contributed by atoms with Crippen molar-refractivity contribution in [2.45, 2.75) is 20.0 Å². The molecule has 3 rings (SSSR count). The Balaban J connectivity index is 1.89. The number of Topliss-reactive ketones (excluding diaryl/α,β-unsaturated/α-hetero) is 1. The number of rotatable bonds is 10. The summed E-state index contributed by atoms with van der Waals surface area (Å²) in [5.74, 6) is -0.326. The van der Waals surface area contributed by atoms with Gasteiger partial charge >= 0.3 is 0 Å². The van der Waals surface area contributed by atoms with Crippen LogP contribution in [0, 0.1) is 5.92 Å².